The van der Waals surface area contributed by atoms with E-state index >= 15 is 0 Å². The van der Waals surface area contributed by atoms with Crippen LogP contribution in [0.1, 0.15) is 51.5 Å². The number of piperidine rings is 1. The van der Waals surface area contributed by atoms with Crippen molar-refractivity contribution in [1.82, 2.24) is 16.0 Å². The first-order valence-electron chi connectivity index (χ1n) is 12.1. The number of carbonyl (C=O) groups is 2. The summed E-state index contributed by atoms with van der Waals surface area (Å²) in [6.45, 7) is 8.25. The molecule has 186 valence electrons. The second-order valence-electron chi connectivity index (χ2n) is 9.87. The van der Waals surface area contributed by atoms with Crippen molar-refractivity contribution in [2.75, 3.05) is 37.4 Å². The van der Waals surface area contributed by atoms with Gasteiger partial charge < -0.3 is 26.0 Å². The highest BCUT2D eigenvalue weighted by atomic mass is 16.4. The maximum absolute atomic E-state index is 13.2. The first-order valence-corrected chi connectivity index (χ1v) is 12.1. The number of carboxylic acids is 1. The van der Waals surface area contributed by atoms with E-state index in [1.165, 1.54) is 6.42 Å². The second-order valence-corrected chi connectivity index (χ2v) is 9.87. The second kappa shape index (κ2) is 11.0. The third-order valence-corrected chi connectivity index (χ3v) is 6.79. The van der Waals surface area contributed by atoms with Crippen LogP contribution in [0.3, 0.4) is 0 Å². The number of amides is 2. The molecular formula is C26H39N5O3. The Hall–Kier alpha value is -3.00. The van der Waals surface area contributed by atoms with E-state index in [0.717, 1.165) is 30.0 Å². The van der Waals surface area contributed by atoms with Gasteiger partial charge in [-0.15, -0.1) is 0 Å². The van der Waals surface area contributed by atoms with E-state index in [1.807, 2.05) is 57.4 Å². The number of hydrogen-bond donors (Lipinski definition) is 5. The lowest BCUT2D eigenvalue weighted by molar-refractivity contribution is -0.137. The molecule has 3 rings (SSSR count). The van der Waals surface area contributed by atoms with Gasteiger partial charge in [0.2, 0.25) is 0 Å². The average Bonchev–Trinajstić information content (AvgIpc) is 2.78. The Bertz CT molecular complexity index is 950. The number of hydrogen-bond acceptors (Lipinski definition) is 5. The van der Waals surface area contributed by atoms with E-state index in [-0.39, 0.29) is 18.4 Å². The molecule has 4 unspecified atom stereocenters. The lowest BCUT2D eigenvalue weighted by Gasteiger charge is -2.38. The fourth-order valence-electron chi connectivity index (χ4n) is 5.00. The van der Waals surface area contributed by atoms with Crippen LogP contribution in [0.2, 0.25) is 0 Å². The van der Waals surface area contributed by atoms with Crippen LogP contribution in [0, 0.1) is 11.8 Å². The molecule has 0 spiro atoms. The van der Waals surface area contributed by atoms with Crippen molar-refractivity contribution in [2.24, 2.45) is 11.8 Å². The minimum atomic E-state index is -0.837. The van der Waals surface area contributed by atoms with Gasteiger partial charge in [-0.05, 0) is 61.1 Å². The summed E-state index contributed by atoms with van der Waals surface area (Å²) in [6, 6.07) is 5.61. The van der Waals surface area contributed by atoms with Crippen LogP contribution in [0.4, 0.5) is 16.2 Å². The Morgan fingerprint density at radius 1 is 1.21 bits per heavy atom. The van der Waals surface area contributed by atoms with Gasteiger partial charge in [-0.2, -0.15) is 0 Å². The molecule has 1 aliphatic heterocycles. The summed E-state index contributed by atoms with van der Waals surface area (Å²) in [5.41, 5.74) is 2.87. The molecule has 0 radical (unpaired) electrons. The number of carbonyl (C=O) groups excluding carboxylic acids is 1. The highest BCUT2D eigenvalue weighted by molar-refractivity contribution is 5.94. The van der Waals surface area contributed by atoms with Gasteiger partial charge in [0.15, 0.2) is 0 Å². The molecule has 5 N–H and O–H groups in total. The van der Waals surface area contributed by atoms with E-state index in [9.17, 15) is 14.7 Å². The predicted octanol–water partition coefficient (Wildman–Crippen LogP) is 3.85. The van der Waals surface area contributed by atoms with Gasteiger partial charge in [-0.25, -0.2) is 4.79 Å². The number of nitrogens with one attached hydrogen (secondary N) is 4. The molecule has 4 atom stereocenters. The maximum Gasteiger partial charge on any atom is 0.321 e. The number of benzene rings is 1. The monoisotopic (exact) mass is 469 g/mol. The van der Waals surface area contributed by atoms with Crippen molar-refractivity contribution in [3.8, 4) is 0 Å². The smallest absolute Gasteiger partial charge is 0.321 e. The van der Waals surface area contributed by atoms with Crippen molar-refractivity contribution in [3.05, 3.63) is 47.7 Å². The Labute approximate surface area is 202 Å². The molecule has 1 aliphatic carbocycles. The highest BCUT2D eigenvalue weighted by Crippen LogP contribution is 2.35. The van der Waals surface area contributed by atoms with E-state index in [1.54, 1.807) is 0 Å². The molecule has 1 aromatic carbocycles. The molecule has 0 aromatic heterocycles. The molecule has 8 nitrogen and oxygen atoms in total. The van der Waals surface area contributed by atoms with Crippen molar-refractivity contribution in [2.45, 2.75) is 51.6 Å². The zero-order chi connectivity index (χ0) is 24.9. The zero-order valence-corrected chi connectivity index (χ0v) is 20.9. The molecule has 2 amide bonds. The topological polar surface area (TPSA) is 106 Å². The summed E-state index contributed by atoms with van der Waals surface area (Å²) in [7, 11) is 3.68. The lowest BCUT2D eigenvalue weighted by atomic mass is 9.91. The summed E-state index contributed by atoms with van der Waals surface area (Å²) in [6.07, 6.45) is 7.75. The Morgan fingerprint density at radius 3 is 2.47 bits per heavy atom. The molecule has 0 bridgehead atoms. The number of aliphatic carboxylic acids is 1. The number of carboxylic acid groups (broad SMARTS) is 1. The highest BCUT2D eigenvalue weighted by Gasteiger charge is 2.29. The summed E-state index contributed by atoms with van der Waals surface area (Å²) in [5, 5.41) is 21.7. The van der Waals surface area contributed by atoms with Gasteiger partial charge in [0, 0.05) is 32.3 Å². The Balaban J connectivity index is 1.86. The van der Waals surface area contributed by atoms with Crippen LogP contribution in [0.15, 0.2) is 42.1 Å². The zero-order valence-electron chi connectivity index (χ0n) is 20.9. The molecule has 2 aliphatic rings. The minimum absolute atomic E-state index is 0.0383. The van der Waals surface area contributed by atoms with Gasteiger partial charge in [0.25, 0.3) is 0 Å². The van der Waals surface area contributed by atoms with E-state index < -0.39 is 11.6 Å². The molecule has 34 heavy (non-hydrogen) atoms. The summed E-state index contributed by atoms with van der Waals surface area (Å²) >= 11 is 0. The third-order valence-electron chi connectivity index (χ3n) is 6.79. The normalized spacial score (nSPS) is 25.3. The summed E-state index contributed by atoms with van der Waals surface area (Å²) in [4.78, 5) is 26.8. The molecule has 1 fully saturated rings. The number of nitrogens with zero attached hydrogens (tertiary/aromatic N) is 1. The summed E-state index contributed by atoms with van der Waals surface area (Å²) < 4.78 is 0. The van der Waals surface area contributed by atoms with Gasteiger partial charge in [-0.1, -0.05) is 32.9 Å². The Kier molecular flexibility index (Phi) is 8.25. The van der Waals surface area contributed by atoms with Crippen molar-refractivity contribution in [1.29, 1.82) is 0 Å². The minimum Gasteiger partial charge on any atom is -0.481 e. The van der Waals surface area contributed by atoms with Crippen molar-refractivity contribution < 1.29 is 14.7 Å². The van der Waals surface area contributed by atoms with Crippen LogP contribution in [-0.2, 0) is 4.79 Å². The molecule has 0 saturated carbocycles. The van der Waals surface area contributed by atoms with Gasteiger partial charge >= 0.3 is 12.0 Å². The van der Waals surface area contributed by atoms with Crippen molar-refractivity contribution in [3.63, 3.8) is 0 Å². The first-order chi connectivity index (χ1) is 16.1. The Morgan fingerprint density at radius 2 is 1.91 bits per heavy atom. The number of rotatable bonds is 8. The standard InChI is InChI=1S/C26H39N5O3/c1-17-12-18(2)16-31(15-17)23-7-6-20(19(3)13-24(32)33)14-22(23)29-25(34)30-26(28-5)10-8-21(27-4)9-11-26/h6-10,14,17-19,27-28H,11-13,15-16H2,1-5H3,(H,32,33)(H2,29,30,34). The SMILES string of the molecule is CNC1=CCC(NC)(NC(=O)Nc2cc(C(C)CC(=O)O)ccc2N2CC(C)CC(C)C2)C=C1. The largest absolute Gasteiger partial charge is 0.481 e. The number of urea groups is 1. The van der Waals surface area contributed by atoms with E-state index in [2.05, 4.69) is 40.0 Å². The van der Waals surface area contributed by atoms with Gasteiger partial charge in [0.1, 0.15) is 5.66 Å². The molecular weight excluding hydrogens is 430 g/mol. The fraction of sp³-hybridized carbons (Fsp3) is 0.538. The lowest BCUT2D eigenvalue weighted by Crippen LogP contribution is -2.57. The molecule has 1 heterocycles. The quantitative estimate of drug-likeness (QED) is 0.371. The van der Waals surface area contributed by atoms with Crippen LogP contribution in [0.25, 0.3) is 0 Å². The van der Waals surface area contributed by atoms with E-state index in [0.29, 0.717) is 23.9 Å². The van der Waals surface area contributed by atoms with Gasteiger partial charge in [-0.3, -0.25) is 10.1 Å². The van der Waals surface area contributed by atoms with Crippen LogP contribution < -0.4 is 26.2 Å². The maximum atomic E-state index is 13.2. The average molecular weight is 470 g/mol. The number of likely N-dealkylation sites (N-methyl/N-ethyl adjacent to an activating group) is 2. The number of anilines is 2. The first kappa shape index (κ1) is 25.6. The fourth-order valence-corrected chi connectivity index (χ4v) is 5.00. The van der Waals surface area contributed by atoms with Crippen molar-refractivity contribution >= 4 is 23.4 Å². The van der Waals surface area contributed by atoms with Crippen LogP contribution in [0.5, 0.6) is 0 Å². The van der Waals surface area contributed by atoms with Crippen LogP contribution in [-0.4, -0.2) is 50.0 Å². The number of allylic oxidation sites excluding steroid dienone is 1. The summed E-state index contributed by atoms with van der Waals surface area (Å²) in [5.74, 6) is 0.120. The van der Waals surface area contributed by atoms with E-state index in [4.69, 9.17) is 0 Å². The molecule has 1 saturated heterocycles. The van der Waals surface area contributed by atoms with Gasteiger partial charge in [0.05, 0.1) is 17.8 Å². The molecule has 1 aromatic rings. The predicted molar refractivity (Wildman–Crippen MR) is 137 cm³/mol. The van der Waals surface area contributed by atoms with Crippen LogP contribution >= 0.6 is 0 Å². The third kappa shape index (κ3) is 6.32. The molecule has 8 heteroatoms.